The van der Waals surface area contributed by atoms with Crippen molar-refractivity contribution in [2.45, 2.75) is 25.7 Å². The maximum Gasteiger partial charge on any atom is 0.280 e. The fourth-order valence-corrected chi connectivity index (χ4v) is 6.67. The molecule has 1 heterocycles. The van der Waals surface area contributed by atoms with Crippen LogP contribution < -0.4 is 9.31 Å². The predicted octanol–water partition coefficient (Wildman–Crippen LogP) is 6.81. The fraction of sp³-hybridized carbons (Fsp3) is 0.129. The Morgan fingerprint density at radius 1 is 0.900 bits per heavy atom. The van der Waals surface area contributed by atoms with Crippen molar-refractivity contribution in [1.29, 1.82) is 0 Å². The summed E-state index contributed by atoms with van der Waals surface area (Å²) in [5.41, 5.74) is 4.69. The van der Waals surface area contributed by atoms with E-state index in [2.05, 4.69) is 10.1 Å². The van der Waals surface area contributed by atoms with E-state index in [0.717, 1.165) is 26.9 Å². The van der Waals surface area contributed by atoms with Gasteiger partial charge in [0.05, 0.1) is 27.0 Å². The van der Waals surface area contributed by atoms with Crippen molar-refractivity contribution in [1.82, 2.24) is 4.98 Å². The zero-order chi connectivity index (χ0) is 28.3. The minimum atomic E-state index is -3.82. The zero-order valence-corrected chi connectivity index (χ0v) is 24.0. The first-order valence-electron chi connectivity index (χ1n) is 12.8. The topological polar surface area (TPSA) is 82.9 Å². The number of aromatic nitrogens is 1. The summed E-state index contributed by atoms with van der Waals surface area (Å²) in [6.07, 6.45) is 1.62. The van der Waals surface area contributed by atoms with E-state index in [1.807, 2.05) is 62.4 Å². The van der Waals surface area contributed by atoms with E-state index in [1.54, 1.807) is 37.4 Å². The first-order valence-corrected chi connectivity index (χ1v) is 15.0. The molecule has 0 unspecified atom stereocenters. The number of fused-ring (bicyclic) bond motifs is 1. The van der Waals surface area contributed by atoms with E-state index >= 15 is 0 Å². The largest absolute Gasteiger partial charge is 0.280 e. The molecule has 0 fully saturated rings. The Bertz CT molecular complexity index is 1780. The Morgan fingerprint density at radius 3 is 2.25 bits per heavy atom. The lowest BCUT2D eigenvalue weighted by atomic mass is 10.2. The van der Waals surface area contributed by atoms with Crippen LogP contribution in [0.3, 0.4) is 0 Å². The van der Waals surface area contributed by atoms with Crippen molar-refractivity contribution < 1.29 is 13.2 Å². The average molecular weight is 569 g/mol. The van der Waals surface area contributed by atoms with Gasteiger partial charge in [-0.3, -0.25) is 9.10 Å². The minimum absolute atomic E-state index is 0.0972. The highest BCUT2D eigenvalue weighted by Gasteiger charge is 2.25. The molecule has 0 N–H and O–H groups in total. The Hall–Kier alpha value is -4.34. The van der Waals surface area contributed by atoms with Crippen LogP contribution in [0.5, 0.6) is 0 Å². The molecule has 0 atom stereocenters. The summed E-state index contributed by atoms with van der Waals surface area (Å²) in [6, 6.07) is 28.6. The minimum Gasteiger partial charge on any atom is -0.267 e. The molecule has 0 spiro atoms. The van der Waals surface area contributed by atoms with Crippen molar-refractivity contribution in [2.24, 2.45) is 5.10 Å². The van der Waals surface area contributed by atoms with E-state index < -0.39 is 15.9 Å². The molecule has 5 aromatic rings. The first-order chi connectivity index (χ1) is 19.3. The third-order valence-electron chi connectivity index (χ3n) is 6.33. The number of carbonyl (C=O) groups is 1. The Morgan fingerprint density at radius 2 is 1.57 bits per heavy atom. The third-order valence-corrected chi connectivity index (χ3v) is 9.24. The highest BCUT2D eigenvalue weighted by Crippen LogP contribution is 2.31. The number of aryl methyl sites for hydroxylation is 2. The van der Waals surface area contributed by atoms with Gasteiger partial charge in [-0.05, 0) is 80.4 Å². The highest BCUT2D eigenvalue weighted by molar-refractivity contribution is 7.92. The zero-order valence-electron chi connectivity index (χ0n) is 22.4. The van der Waals surface area contributed by atoms with Crippen LogP contribution in [0.15, 0.2) is 107 Å². The molecule has 9 heteroatoms. The van der Waals surface area contributed by atoms with Crippen LogP contribution in [0.2, 0.25) is 0 Å². The number of thiazole rings is 1. The second-order valence-electron chi connectivity index (χ2n) is 9.27. The van der Waals surface area contributed by atoms with Crippen molar-refractivity contribution in [3.05, 3.63) is 119 Å². The summed E-state index contributed by atoms with van der Waals surface area (Å²) in [4.78, 5) is 18.5. The summed E-state index contributed by atoms with van der Waals surface area (Å²) >= 11 is 1.37. The average Bonchev–Trinajstić information content (AvgIpc) is 3.37. The van der Waals surface area contributed by atoms with Crippen LogP contribution in [0.4, 0.5) is 10.8 Å². The fourth-order valence-electron chi connectivity index (χ4n) is 4.18. The van der Waals surface area contributed by atoms with E-state index in [0.29, 0.717) is 16.4 Å². The van der Waals surface area contributed by atoms with Gasteiger partial charge in [-0.15, -0.1) is 0 Å². The van der Waals surface area contributed by atoms with Gasteiger partial charge >= 0.3 is 0 Å². The lowest BCUT2D eigenvalue weighted by Crippen LogP contribution is -2.31. The normalized spacial score (nSPS) is 11.7. The molecule has 40 heavy (non-hydrogen) atoms. The van der Waals surface area contributed by atoms with Gasteiger partial charge < -0.3 is 0 Å². The van der Waals surface area contributed by atoms with E-state index in [-0.39, 0.29) is 11.4 Å². The lowest BCUT2D eigenvalue weighted by Gasteiger charge is -2.23. The number of hydrazone groups is 1. The Labute approximate surface area is 238 Å². The van der Waals surface area contributed by atoms with Crippen molar-refractivity contribution in [3.63, 3.8) is 0 Å². The van der Waals surface area contributed by atoms with Gasteiger partial charge in [0, 0.05) is 12.1 Å². The molecule has 0 aliphatic heterocycles. The van der Waals surface area contributed by atoms with Gasteiger partial charge in [-0.1, -0.05) is 65.4 Å². The van der Waals surface area contributed by atoms with Crippen molar-refractivity contribution >= 4 is 54.5 Å². The SMILES string of the molecule is CCN(c1ccccc1)S(=O)(=O)c1ccc(C(=O)N(/N=C/c2ccc(C)cc2)c2nc3ccc(C)cc3s2)cc1. The standard InChI is InChI=1S/C31H28N4O3S2/c1-4-34(26-8-6-5-7-9-26)40(37,38)27-17-15-25(16-18-27)30(36)35(32-21-24-13-10-22(2)11-14-24)31-33-28-19-12-23(3)20-29(28)39-31/h5-21H,4H2,1-3H3/b32-21+. The second kappa shape index (κ2) is 11.4. The Balaban J connectivity index is 1.49. The molecular weight excluding hydrogens is 541 g/mol. The van der Waals surface area contributed by atoms with E-state index in [4.69, 9.17) is 0 Å². The summed E-state index contributed by atoms with van der Waals surface area (Å²) in [5.74, 6) is -0.418. The molecule has 7 nitrogen and oxygen atoms in total. The maximum absolute atomic E-state index is 13.8. The summed E-state index contributed by atoms with van der Waals surface area (Å²) in [7, 11) is -3.82. The van der Waals surface area contributed by atoms with Gasteiger partial charge in [0.1, 0.15) is 0 Å². The van der Waals surface area contributed by atoms with Gasteiger partial charge in [-0.2, -0.15) is 10.1 Å². The van der Waals surface area contributed by atoms with E-state index in [9.17, 15) is 13.2 Å². The lowest BCUT2D eigenvalue weighted by molar-refractivity contribution is 0.0987. The Kier molecular flexibility index (Phi) is 7.77. The number of sulfonamides is 1. The molecule has 1 amide bonds. The highest BCUT2D eigenvalue weighted by atomic mass is 32.2. The van der Waals surface area contributed by atoms with Gasteiger partial charge in [0.25, 0.3) is 15.9 Å². The number of benzene rings is 4. The summed E-state index contributed by atoms with van der Waals surface area (Å²) < 4.78 is 29.1. The van der Waals surface area contributed by atoms with Crippen LogP contribution >= 0.6 is 11.3 Å². The number of hydrogen-bond acceptors (Lipinski definition) is 6. The van der Waals surface area contributed by atoms with Crippen LogP contribution in [-0.4, -0.2) is 32.1 Å². The quantitative estimate of drug-likeness (QED) is 0.152. The van der Waals surface area contributed by atoms with Crippen LogP contribution in [0.25, 0.3) is 10.2 Å². The summed E-state index contributed by atoms with van der Waals surface area (Å²) in [6.45, 7) is 6.06. The number of anilines is 2. The van der Waals surface area contributed by atoms with Crippen molar-refractivity contribution in [2.75, 3.05) is 15.9 Å². The van der Waals surface area contributed by atoms with Crippen LogP contribution in [0.1, 0.15) is 34.0 Å². The molecule has 0 bridgehead atoms. The number of nitrogens with zero attached hydrogens (tertiary/aromatic N) is 4. The maximum atomic E-state index is 13.8. The van der Waals surface area contributed by atoms with Crippen LogP contribution in [-0.2, 0) is 10.0 Å². The molecule has 0 radical (unpaired) electrons. The smallest absolute Gasteiger partial charge is 0.267 e. The molecular formula is C31H28N4O3S2. The number of carbonyl (C=O) groups excluding carboxylic acids is 1. The van der Waals surface area contributed by atoms with Gasteiger partial charge in [0.15, 0.2) is 0 Å². The predicted molar refractivity (Wildman–Crippen MR) is 163 cm³/mol. The number of para-hydroxylation sites is 1. The first kappa shape index (κ1) is 27.2. The molecule has 0 aliphatic carbocycles. The molecule has 0 saturated carbocycles. The monoisotopic (exact) mass is 568 g/mol. The second-order valence-corrected chi connectivity index (χ2v) is 12.1. The molecule has 202 valence electrons. The van der Waals surface area contributed by atoms with Crippen LogP contribution in [0, 0.1) is 13.8 Å². The molecule has 4 aromatic carbocycles. The number of hydrogen-bond donors (Lipinski definition) is 0. The summed E-state index contributed by atoms with van der Waals surface area (Å²) in [5, 5.41) is 6.21. The van der Waals surface area contributed by atoms with Gasteiger partial charge in [-0.25, -0.2) is 13.4 Å². The molecule has 1 aromatic heterocycles. The van der Waals surface area contributed by atoms with E-state index in [1.165, 1.54) is 44.9 Å². The molecule has 0 aliphatic rings. The number of rotatable bonds is 8. The number of amides is 1. The molecule has 5 rings (SSSR count). The molecule has 0 saturated heterocycles. The third kappa shape index (κ3) is 5.66. The van der Waals surface area contributed by atoms with Gasteiger partial charge in [0.2, 0.25) is 5.13 Å². The van der Waals surface area contributed by atoms with Crippen molar-refractivity contribution in [3.8, 4) is 0 Å².